The number of hydrogen-bond acceptors (Lipinski definition) is 4. The molecule has 0 aliphatic heterocycles. The lowest BCUT2D eigenvalue weighted by atomic mass is 10.1. The van der Waals surface area contributed by atoms with Gasteiger partial charge in [0.25, 0.3) is 10.1 Å². The molecule has 0 radical (unpaired) electrons. The van der Waals surface area contributed by atoms with Crippen LogP contribution in [0.2, 0.25) is 0 Å². The number of rotatable bonds is 23. The van der Waals surface area contributed by atoms with Gasteiger partial charge >= 0.3 is 0 Å². The van der Waals surface area contributed by atoms with Crippen molar-refractivity contribution in [2.45, 2.75) is 129 Å². The minimum Gasteiger partial charge on any atom is -0.378 e. The molecule has 0 fully saturated rings. The Labute approximate surface area is 188 Å². The van der Waals surface area contributed by atoms with Gasteiger partial charge < -0.3 is 4.74 Å². The standard InChI is InChI=1S/C25H50O4S/c1-4-6-8-10-11-12-13-14-15-16-18-20-23-28-25(21-19-17-9-7-5-2)22-24-29-30(3,26)27/h12-13,25H,4-11,14-24H2,1-3H3/b13-12-/t25-/m1/s1. The Hall–Kier alpha value is -0.390. The maximum absolute atomic E-state index is 11.2. The summed E-state index contributed by atoms with van der Waals surface area (Å²) in [5.74, 6) is 0. The van der Waals surface area contributed by atoms with Crippen molar-refractivity contribution in [1.29, 1.82) is 0 Å². The summed E-state index contributed by atoms with van der Waals surface area (Å²) in [5, 5.41) is 0. The van der Waals surface area contributed by atoms with E-state index in [1.54, 1.807) is 0 Å². The van der Waals surface area contributed by atoms with Crippen LogP contribution in [-0.4, -0.2) is 34.0 Å². The number of hydrogen-bond donors (Lipinski definition) is 0. The molecule has 0 aliphatic rings. The highest BCUT2D eigenvalue weighted by Crippen LogP contribution is 2.14. The first-order valence-electron chi connectivity index (χ1n) is 12.6. The molecule has 0 saturated carbocycles. The van der Waals surface area contributed by atoms with Gasteiger partial charge in [0, 0.05) is 6.61 Å². The quantitative estimate of drug-likeness (QED) is 0.0922. The molecule has 0 N–H and O–H groups in total. The van der Waals surface area contributed by atoms with E-state index < -0.39 is 10.1 Å². The maximum atomic E-state index is 11.2. The van der Waals surface area contributed by atoms with E-state index in [2.05, 4.69) is 26.0 Å². The fourth-order valence-corrected chi connectivity index (χ4v) is 3.91. The first-order chi connectivity index (χ1) is 14.5. The van der Waals surface area contributed by atoms with Gasteiger partial charge in [-0.25, -0.2) is 0 Å². The summed E-state index contributed by atoms with van der Waals surface area (Å²) in [6.07, 6.45) is 26.3. The highest BCUT2D eigenvalue weighted by Gasteiger charge is 2.11. The molecular formula is C25H50O4S. The molecular weight excluding hydrogens is 396 g/mol. The second kappa shape index (κ2) is 21.8. The van der Waals surface area contributed by atoms with Crippen LogP contribution in [0.15, 0.2) is 12.2 Å². The van der Waals surface area contributed by atoms with Crippen LogP contribution in [-0.2, 0) is 19.0 Å². The summed E-state index contributed by atoms with van der Waals surface area (Å²) >= 11 is 0. The van der Waals surface area contributed by atoms with Crippen LogP contribution in [0.1, 0.15) is 123 Å². The molecule has 30 heavy (non-hydrogen) atoms. The molecule has 0 amide bonds. The largest absolute Gasteiger partial charge is 0.378 e. The van der Waals surface area contributed by atoms with Crippen LogP contribution in [0.4, 0.5) is 0 Å². The van der Waals surface area contributed by atoms with E-state index in [0.29, 0.717) is 6.42 Å². The number of unbranched alkanes of at least 4 members (excludes halogenated alkanes) is 12. The van der Waals surface area contributed by atoms with Crippen molar-refractivity contribution >= 4 is 10.1 Å². The molecule has 0 spiro atoms. The van der Waals surface area contributed by atoms with E-state index in [1.165, 1.54) is 83.5 Å². The van der Waals surface area contributed by atoms with Gasteiger partial charge in [-0.15, -0.1) is 0 Å². The average Bonchev–Trinajstić information content (AvgIpc) is 2.69. The zero-order valence-electron chi connectivity index (χ0n) is 20.2. The minimum absolute atomic E-state index is 0.115. The van der Waals surface area contributed by atoms with Gasteiger partial charge in [0.1, 0.15) is 0 Å². The fourth-order valence-electron chi connectivity index (χ4n) is 3.51. The predicted molar refractivity (Wildman–Crippen MR) is 130 cm³/mol. The van der Waals surface area contributed by atoms with Gasteiger partial charge in [-0.2, -0.15) is 8.42 Å². The first-order valence-corrected chi connectivity index (χ1v) is 14.4. The lowest BCUT2D eigenvalue weighted by Crippen LogP contribution is -2.18. The molecule has 0 aromatic rings. The smallest absolute Gasteiger partial charge is 0.264 e. The Balaban J connectivity index is 3.79. The molecule has 0 unspecified atom stereocenters. The van der Waals surface area contributed by atoms with Gasteiger partial charge in [0.15, 0.2) is 0 Å². The van der Waals surface area contributed by atoms with Gasteiger partial charge in [0.05, 0.1) is 19.0 Å². The van der Waals surface area contributed by atoms with Crippen molar-refractivity contribution in [3.63, 3.8) is 0 Å². The summed E-state index contributed by atoms with van der Waals surface area (Å²) in [4.78, 5) is 0. The summed E-state index contributed by atoms with van der Waals surface area (Å²) < 4.78 is 33.3. The zero-order valence-corrected chi connectivity index (χ0v) is 21.0. The van der Waals surface area contributed by atoms with Crippen molar-refractivity contribution in [2.24, 2.45) is 0 Å². The van der Waals surface area contributed by atoms with Crippen LogP contribution in [0.25, 0.3) is 0 Å². The Morgan fingerprint density at radius 1 is 0.667 bits per heavy atom. The van der Waals surface area contributed by atoms with Gasteiger partial charge in [0.2, 0.25) is 0 Å². The predicted octanol–water partition coefficient (Wildman–Crippen LogP) is 7.58. The van der Waals surface area contributed by atoms with Crippen LogP contribution < -0.4 is 0 Å². The molecule has 5 heteroatoms. The summed E-state index contributed by atoms with van der Waals surface area (Å²) in [5.41, 5.74) is 0. The van der Waals surface area contributed by atoms with E-state index >= 15 is 0 Å². The molecule has 0 aromatic carbocycles. The molecule has 180 valence electrons. The fraction of sp³-hybridized carbons (Fsp3) is 0.920. The van der Waals surface area contributed by atoms with Crippen molar-refractivity contribution in [3.05, 3.63) is 12.2 Å². The van der Waals surface area contributed by atoms with E-state index in [9.17, 15) is 8.42 Å². The van der Waals surface area contributed by atoms with Gasteiger partial charge in [-0.05, 0) is 44.9 Å². The Morgan fingerprint density at radius 3 is 1.80 bits per heavy atom. The minimum atomic E-state index is -3.36. The molecule has 0 rings (SSSR count). The van der Waals surface area contributed by atoms with E-state index in [-0.39, 0.29) is 12.7 Å². The van der Waals surface area contributed by atoms with E-state index in [1.807, 2.05) is 0 Å². The van der Waals surface area contributed by atoms with Crippen LogP contribution in [0, 0.1) is 0 Å². The van der Waals surface area contributed by atoms with Gasteiger partial charge in [-0.3, -0.25) is 4.18 Å². The van der Waals surface area contributed by atoms with E-state index in [0.717, 1.165) is 32.1 Å². The molecule has 1 atom stereocenters. The topological polar surface area (TPSA) is 52.6 Å². The highest BCUT2D eigenvalue weighted by molar-refractivity contribution is 7.85. The monoisotopic (exact) mass is 446 g/mol. The molecule has 4 nitrogen and oxygen atoms in total. The molecule has 0 saturated heterocycles. The average molecular weight is 447 g/mol. The Morgan fingerprint density at radius 2 is 1.20 bits per heavy atom. The lowest BCUT2D eigenvalue weighted by Gasteiger charge is -2.18. The van der Waals surface area contributed by atoms with Crippen LogP contribution in [0.5, 0.6) is 0 Å². The molecule has 0 heterocycles. The first kappa shape index (κ1) is 29.6. The van der Waals surface area contributed by atoms with Crippen molar-refractivity contribution in [1.82, 2.24) is 0 Å². The third-order valence-corrected chi connectivity index (χ3v) is 5.97. The molecule has 0 bridgehead atoms. The molecule has 0 aliphatic carbocycles. The number of allylic oxidation sites excluding steroid dienone is 2. The van der Waals surface area contributed by atoms with Crippen molar-refractivity contribution in [2.75, 3.05) is 19.5 Å². The highest BCUT2D eigenvalue weighted by atomic mass is 32.2. The van der Waals surface area contributed by atoms with E-state index in [4.69, 9.17) is 8.92 Å². The Bertz CT molecular complexity index is 474. The zero-order chi connectivity index (χ0) is 22.3. The maximum Gasteiger partial charge on any atom is 0.264 e. The number of ether oxygens (including phenoxy) is 1. The third-order valence-electron chi connectivity index (χ3n) is 5.38. The summed E-state index contributed by atoms with van der Waals surface area (Å²) in [6, 6.07) is 0. The van der Waals surface area contributed by atoms with Crippen LogP contribution in [0.3, 0.4) is 0 Å². The normalized spacial score (nSPS) is 13.3. The van der Waals surface area contributed by atoms with Crippen molar-refractivity contribution < 1.29 is 17.3 Å². The molecule has 0 aromatic heterocycles. The summed E-state index contributed by atoms with van der Waals surface area (Å²) in [6.45, 7) is 5.47. The second-order valence-electron chi connectivity index (χ2n) is 8.53. The van der Waals surface area contributed by atoms with Crippen LogP contribution >= 0.6 is 0 Å². The van der Waals surface area contributed by atoms with Crippen molar-refractivity contribution in [3.8, 4) is 0 Å². The summed E-state index contributed by atoms with van der Waals surface area (Å²) in [7, 11) is -3.36. The Kier molecular flexibility index (Phi) is 21.5. The second-order valence-corrected chi connectivity index (χ2v) is 10.2. The lowest BCUT2D eigenvalue weighted by molar-refractivity contribution is 0.0294. The third kappa shape index (κ3) is 23.9. The van der Waals surface area contributed by atoms with Gasteiger partial charge in [-0.1, -0.05) is 90.2 Å². The SMILES string of the molecule is CCCCCC/C=C\CCCCCCO[C@H](CCCCCCC)CCOS(C)(=O)=O.